The molecule has 1 aromatic rings. The molecule has 3 heteroatoms. The van der Waals surface area contributed by atoms with Crippen LogP contribution in [0.2, 0.25) is 0 Å². The zero-order chi connectivity index (χ0) is 13.5. The highest BCUT2D eigenvalue weighted by molar-refractivity contribution is 5.04. The van der Waals surface area contributed by atoms with Crippen molar-refractivity contribution in [3.05, 3.63) is 24.2 Å². The summed E-state index contributed by atoms with van der Waals surface area (Å²) in [5, 5.41) is 3.65. The first-order chi connectivity index (χ1) is 9.27. The van der Waals surface area contributed by atoms with E-state index in [4.69, 9.17) is 4.42 Å². The summed E-state index contributed by atoms with van der Waals surface area (Å²) >= 11 is 0. The van der Waals surface area contributed by atoms with Crippen LogP contribution in [0, 0.1) is 5.92 Å². The first kappa shape index (κ1) is 14.6. The summed E-state index contributed by atoms with van der Waals surface area (Å²) in [6.45, 7) is 2.13. The molecule has 1 aliphatic rings. The predicted molar refractivity (Wildman–Crippen MR) is 79.2 cm³/mol. The fourth-order valence-corrected chi connectivity index (χ4v) is 3.01. The van der Waals surface area contributed by atoms with E-state index in [9.17, 15) is 0 Å². The maximum absolute atomic E-state index is 5.54. The Morgan fingerprint density at radius 1 is 1.26 bits per heavy atom. The Morgan fingerprint density at radius 3 is 2.58 bits per heavy atom. The molecule has 0 saturated heterocycles. The summed E-state index contributed by atoms with van der Waals surface area (Å²) in [4.78, 5) is 2.22. The van der Waals surface area contributed by atoms with Gasteiger partial charge in [0.2, 0.25) is 0 Å². The first-order valence-corrected chi connectivity index (χ1v) is 7.68. The van der Waals surface area contributed by atoms with Gasteiger partial charge < -0.3 is 9.73 Å². The van der Waals surface area contributed by atoms with Crippen LogP contribution < -0.4 is 5.32 Å². The van der Waals surface area contributed by atoms with E-state index in [1.165, 1.54) is 38.5 Å². The molecule has 1 unspecified atom stereocenters. The first-order valence-electron chi connectivity index (χ1n) is 7.68. The minimum Gasteiger partial charge on any atom is -0.468 e. The fourth-order valence-electron chi connectivity index (χ4n) is 3.01. The summed E-state index contributed by atoms with van der Waals surface area (Å²) in [5.74, 6) is 1.93. The Balaban J connectivity index is 1.76. The number of nitrogens with zero attached hydrogens (tertiary/aromatic N) is 1. The molecule has 1 aliphatic carbocycles. The van der Waals surface area contributed by atoms with E-state index in [0.717, 1.165) is 24.8 Å². The van der Waals surface area contributed by atoms with Gasteiger partial charge in [0.25, 0.3) is 0 Å². The van der Waals surface area contributed by atoms with Gasteiger partial charge in [0.15, 0.2) is 0 Å². The van der Waals surface area contributed by atoms with Crippen LogP contribution in [0.4, 0.5) is 0 Å². The van der Waals surface area contributed by atoms with Crippen LogP contribution in [0.1, 0.15) is 50.3 Å². The molecule has 0 bridgehead atoms. The van der Waals surface area contributed by atoms with E-state index in [2.05, 4.69) is 30.4 Å². The molecule has 0 spiro atoms. The summed E-state index contributed by atoms with van der Waals surface area (Å²) in [5.41, 5.74) is 0. The predicted octanol–water partition coefficient (Wildman–Crippen LogP) is 3.44. The van der Waals surface area contributed by atoms with E-state index in [1.807, 2.05) is 6.07 Å². The Morgan fingerprint density at radius 2 is 2.00 bits per heavy atom. The molecule has 1 fully saturated rings. The lowest BCUT2D eigenvalue weighted by molar-refractivity contribution is 0.245. The molecule has 2 rings (SSSR count). The standard InChI is InChI=1S/C16H28N2O/c1-18(2)15(16-10-7-11-19-16)13-17-12-14-8-5-3-4-6-9-14/h7,10-11,14-15,17H,3-6,8-9,12-13H2,1-2H3. The van der Waals surface area contributed by atoms with Crippen molar-refractivity contribution in [1.82, 2.24) is 10.2 Å². The Hall–Kier alpha value is -0.800. The molecule has 0 aliphatic heterocycles. The molecule has 0 radical (unpaired) electrons. The lowest BCUT2D eigenvalue weighted by Gasteiger charge is -2.24. The van der Waals surface area contributed by atoms with Crippen molar-refractivity contribution in [1.29, 1.82) is 0 Å². The summed E-state index contributed by atoms with van der Waals surface area (Å²) in [6, 6.07) is 4.37. The molecule has 0 aromatic carbocycles. The van der Waals surface area contributed by atoms with Crippen LogP contribution in [-0.4, -0.2) is 32.1 Å². The van der Waals surface area contributed by atoms with Crippen molar-refractivity contribution in [2.45, 2.75) is 44.6 Å². The number of furan rings is 1. The van der Waals surface area contributed by atoms with E-state index in [1.54, 1.807) is 6.26 Å². The second-order valence-electron chi connectivity index (χ2n) is 6.01. The van der Waals surface area contributed by atoms with Gasteiger partial charge >= 0.3 is 0 Å². The molecule has 108 valence electrons. The van der Waals surface area contributed by atoms with Gasteiger partial charge in [0.05, 0.1) is 12.3 Å². The maximum Gasteiger partial charge on any atom is 0.122 e. The number of hydrogen-bond donors (Lipinski definition) is 1. The van der Waals surface area contributed by atoms with E-state index < -0.39 is 0 Å². The number of likely N-dealkylation sites (N-methyl/N-ethyl adjacent to an activating group) is 1. The van der Waals surface area contributed by atoms with Gasteiger partial charge in [-0.15, -0.1) is 0 Å². The van der Waals surface area contributed by atoms with Crippen molar-refractivity contribution < 1.29 is 4.42 Å². The summed E-state index contributed by atoms with van der Waals surface area (Å²) in [7, 11) is 4.22. The zero-order valence-corrected chi connectivity index (χ0v) is 12.4. The fraction of sp³-hybridized carbons (Fsp3) is 0.750. The normalized spacial score (nSPS) is 19.5. The topological polar surface area (TPSA) is 28.4 Å². The van der Waals surface area contributed by atoms with E-state index >= 15 is 0 Å². The third-order valence-corrected chi connectivity index (χ3v) is 4.24. The molecule has 19 heavy (non-hydrogen) atoms. The van der Waals surface area contributed by atoms with Gasteiger partial charge in [-0.25, -0.2) is 0 Å². The van der Waals surface area contributed by atoms with Crippen LogP contribution in [0.15, 0.2) is 22.8 Å². The second kappa shape index (κ2) is 7.71. The highest BCUT2D eigenvalue weighted by Crippen LogP contribution is 2.23. The van der Waals surface area contributed by atoms with Crippen LogP contribution in [-0.2, 0) is 0 Å². The minimum absolute atomic E-state index is 0.334. The highest BCUT2D eigenvalue weighted by atomic mass is 16.3. The van der Waals surface area contributed by atoms with Crippen molar-refractivity contribution in [2.75, 3.05) is 27.2 Å². The second-order valence-corrected chi connectivity index (χ2v) is 6.01. The summed E-state index contributed by atoms with van der Waals surface area (Å²) in [6.07, 6.45) is 10.3. The Labute approximate surface area is 117 Å². The van der Waals surface area contributed by atoms with Crippen molar-refractivity contribution >= 4 is 0 Å². The van der Waals surface area contributed by atoms with Gasteiger partial charge in [0, 0.05) is 6.54 Å². The minimum atomic E-state index is 0.334. The zero-order valence-electron chi connectivity index (χ0n) is 12.4. The van der Waals surface area contributed by atoms with E-state index in [-0.39, 0.29) is 0 Å². The molecule has 1 saturated carbocycles. The average molecular weight is 264 g/mol. The van der Waals surface area contributed by atoms with Crippen LogP contribution >= 0.6 is 0 Å². The van der Waals surface area contributed by atoms with Crippen molar-refractivity contribution in [3.8, 4) is 0 Å². The molecular formula is C16H28N2O. The van der Waals surface area contributed by atoms with E-state index in [0.29, 0.717) is 6.04 Å². The monoisotopic (exact) mass is 264 g/mol. The number of hydrogen-bond acceptors (Lipinski definition) is 3. The molecule has 1 N–H and O–H groups in total. The largest absolute Gasteiger partial charge is 0.468 e. The smallest absolute Gasteiger partial charge is 0.122 e. The average Bonchev–Trinajstić information content (AvgIpc) is 2.78. The Kier molecular flexibility index (Phi) is 5.93. The maximum atomic E-state index is 5.54. The quantitative estimate of drug-likeness (QED) is 0.798. The number of nitrogens with one attached hydrogen (secondary N) is 1. The van der Waals surface area contributed by atoms with Gasteiger partial charge in [-0.3, -0.25) is 4.90 Å². The van der Waals surface area contributed by atoms with Crippen molar-refractivity contribution in [2.24, 2.45) is 5.92 Å². The third kappa shape index (κ3) is 4.66. The van der Waals surface area contributed by atoms with Crippen LogP contribution in [0.3, 0.4) is 0 Å². The molecule has 0 amide bonds. The van der Waals surface area contributed by atoms with Gasteiger partial charge in [0.1, 0.15) is 5.76 Å². The molecule has 1 aromatic heterocycles. The van der Waals surface area contributed by atoms with Gasteiger partial charge in [-0.1, -0.05) is 25.7 Å². The lowest BCUT2D eigenvalue weighted by atomic mass is 10.0. The van der Waals surface area contributed by atoms with Crippen molar-refractivity contribution in [3.63, 3.8) is 0 Å². The van der Waals surface area contributed by atoms with Crippen LogP contribution in [0.5, 0.6) is 0 Å². The highest BCUT2D eigenvalue weighted by Gasteiger charge is 2.17. The van der Waals surface area contributed by atoms with Crippen LogP contribution in [0.25, 0.3) is 0 Å². The SMILES string of the molecule is CN(C)C(CNCC1CCCCCC1)c1ccco1. The molecule has 1 atom stereocenters. The molecular weight excluding hydrogens is 236 g/mol. The third-order valence-electron chi connectivity index (χ3n) is 4.24. The Bertz CT molecular complexity index is 327. The van der Waals surface area contributed by atoms with Gasteiger partial charge in [-0.2, -0.15) is 0 Å². The lowest BCUT2D eigenvalue weighted by Crippen LogP contribution is -2.33. The molecule has 1 heterocycles. The number of rotatable bonds is 6. The summed E-state index contributed by atoms with van der Waals surface area (Å²) < 4.78 is 5.54. The van der Waals surface area contributed by atoms with Gasteiger partial charge in [-0.05, 0) is 51.5 Å². The molecule has 3 nitrogen and oxygen atoms in total.